The van der Waals surface area contributed by atoms with Crippen molar-refractivity contribution in [3.8, 4) is 0 Å². The fraction of sp³-hybridized carbons (Fsp3) is 0.950. The number of hydrogen-bond donors (Lipinski definition) is 2. The van der Waals surface area contributed by atoms with Crippen molar-refractivity contribution in [2.24, 2.45) is 11.7 Å². The predicted molar refractivity (Wildman–Crippen MR) is 99.7 cm³/mol. The zero-order valence-electron chi connectivity index (χ0n) is 15.5. The van der Waals surface area contributed by atoms with Crippen LogP contribution in [0.25, 0.3) is 0 Å². The van der Waals surface area contributed by atoms with E-state index in [-0.39, 0.29) is 5.92 Å². The minimum Gasteiger partial charge on any atom is -0.481 e. The van der Waals surface area contributed by atoms with Crippen molar-refractivity contribution in [2.75, 3.05) is 6.54 Å². The molecule has 0 aliphatic rings. The summed E-state index contributed by atoms with van der Waals surface area (Å²) in [5.41, 5.74) is 5.48. The Labute approximate surface area is 144 Å². The van der Waals surface area contributed by atoms with Crippen LogP contribution in [-0.2, 0) is 4.79 Å². The molecule has 0 spiro atoms. The van der Waals surface area contributed by atoms with E-state index in [4.69, 9.17) is 5.73 Å². The molecule has 0 aliphatic heterocycles. The first-order valence-corrected chi connectivity index (χ1v) is 10.1. The molecule has 0 aromatic rings. The van der Waals surface area contributed by atoms with Crippen LogP contribution in [0.3, 0.4) is 0 Å². The largest absolute Gasteiger partial charge is 0.481 e. The number of carbonyl (C=O) groups is 1. The Bertz CT molecular complexity index is 256. The molecule has 0 rings (SSSR count). The highest BCUT2D eigenvalue weighted by molar-refractivity contribution is 5.69. The van der Waals surface area contributed by atoms with Gasteiger partial charge in [-0.25, -0.2) is 0 Å². The van der Waals surface area contributed by atoms with Crippen molar-refractivity contribution >= 4 is 5.97 Å². The molecule has 0 saturated heterocycles. The summed E-state index contributed by atoms with van der Waals surface area (Å²) in [6, 6.07) is 0. The van der Waals surface area contributed by atoms with Crippen LogP contribution in [0, 0.1) is 5.92 Å². The molecule has 0 amide bonds. The SMILES string of the molecule is CCCCCCC(CCCCCCCCCCCCN)C(=O)O. The lowest BCUT2D eigenvalue weighted by Gasteiger charge is -2.12. The molecule has 0 aliphatic carbocycles. The molecule has 1 unspecified atom stereocenters. The van der Waals surface area contributed by atoms with E-state index in [1.165, 1.54) is 77.0 Å². The normalized spacial score (nSPS) is 12.4. The summed E-state index contributed by atoms with van der Waals surface area (Å²) >= 11 is 0. The maximum absolute atomic E-state index is 11.3. The van der Waals surface area contributed by atoms with Crippen LogP contribution >= 0.6 is 0 Å². The Morgan fingerprint density at radius 3 is 1.52 bits per heavy atom. The van der Waals surface area contributed by atoms with Gasteiger partial charge in [-0.3, -0.25) is 4.79 Å². The summed E-state index contributed by atoms with van der Waals surface area (Å²) in [6.07, 6.45) is 19.1. The van der Waals surface area contributed by atoms with Gasteiger partial charge in [0.15, 0.2) is 0 Å². The standard InChI is InChI=1S/C20H41NO2/c1-2-3-4-13-16-19(20(22)23)17-14-11-9-7-5-6-8-10-12-15-18-21/h19H,2-18,21H2,1H3,(H,22,23). The van der Waals surface area contributed by atoms with Crippen molar-refractivity contribution in [3.05, 3.63) is 0 Å². The van der Waals surface area contributed by atoms with E-state index in [1.54, 1.807) is 0 Å². The molecular formula is C20H41NO2. The highest BCUT2D eigenvalue weighted by Gasteiger charge is 2.15. The molecule has 0 fully saturated rings. The summed E-state index contributed by atoms with van der Waals surface area (Å²) in [7, 11) is 0. The van der Waals surface area contributed by atoms with Crippen molar-refractivity contribution in [1.82, 2.24) is 0 Å². The summed E-state index contributed by atoms with van der Waals surface area (Å²) in [5, 5.41) is 9.28. The lowest BCUT2D eigenvalue weighted by atomic mass is 9.94. The second kappa shape index (κ2) is 17.8. The molecule has 23 heavy (non-hydrogen) atoms. The number of carboxylic acid groups (broad SMARTS) is 1. The van der Waals surface area contributed by atoms with E-state index in [0.29, 0.717) is 0 Å². The lowest BCUT2D eigenvalue weighted by molar-refractivity contribution is -0.142. The van der Waals surface area contributed by atoms with E-state index < -0.39 is 5.97 Å². The first-order chi connectivity index (χ1) is 11.2. The van der Waals surface area contributed by atoms with Gasteiger partial charge in [0, 0.05) is 0 Å². The number of unbranched alkanes of at least 4 members (excludes halogenated alkanes) is 12. The lowest BCUT2D eigenvalue weighted by Crippen LogP contribution is -2.13. The van der Waals surface area contributed by atoms with Gasteiger partial charge >= 0.3 is 5.97 Å². The number of aliphatic carboxylic acids is 1. The van der Waals surface area contributed by atoms with Crippen LogP contribution < -0.4 is 5.73 Å². The first-order valence-electron chi connectivity index (χ1n) is 10.1. The summed E-state index contributed by atoms with van der Waals surface area (Å²) in [5.74, 6) is -0.687. The minimum absolute atomic E-state index is 0.102. The summed E-state index contributed by atoms with van der Waals surface area (Å²) < 4.78 is 0. The van der Waals surface area contributed by atoms with E-state index in [9.17, 15) is 9.90 Å². The maximum atomic E-state index is 11.3. The molecule has 0 saturated carbocycles. The van der Waals surface area contributed by atoms with E-state index in [2.05, 4.69) is 6.92 Å². The number of nitrogens with two attached hydrogens (primary N) is 1. The minimum atomic E-state index is -0.584. The smallest absolute Gasteiger partial charge is 0.306 e. The fourth-order valence-corrected chi connectivity index (χ4v) is 3.16. The molecule has 3 N–H and O–H groups in total. The molecule has 0 radical (unpaired) electrons. The second-order valence-corrected chi connectivity index (χ2v) is 7.00. The van der Waals surface area contributed by atoms with Crippen LogP contribution in [0.15, 0.2) is 0 Å². The van der Waals surface area contributed by atoms with Crippen LogP contribution in [0.1, 0.15) is 110 Å². The molecule has 0 heterocycles. The molecule has 0 aromatic carbocycles. The third-order valence-electron chi connectivity index (χ3n) is 4.76. The van der Waals surface area contributed by atoms with Gasteiger partial charge < -0.3 is 10.8 Å². The van der Waals surface area contributed by atoms with E-state index in [1.807, 2.05) is 0 Å². The number of hydrogen-bond acceptors (Lipinski definition) is 2. The number of rotatable bonds is 18. The van der Waals surface area contributed by atoms with Gasteiger partial charge in [0.05, 0.1) is 5.92 Å². The van der Waals surface area contributed by atoms with E-state index >= 15 is 0 Å². The van der Waals surface area contributed by atoms with E-state index in [0.717, 1.165) is 32.2 Å². The third kappa shape index (κ3) is 16.1. The number of carboxylic acids is 1. The summed E-state index contributed by atoms with van der Waals surface area (Å²) in [6.45, 7) is 3.02. The Hall–Kier alpha value is -0.570. The first kappa shape index (κ1) is 22.4. The van der Waals surface area contributed by atoms with Gasteiger partial charge in [-0.15, -0.1) is 0 Å². The van der Waals surface area contributed by atoms with Crippen molar-refractivity contribution in [3.63, 3.8) is 0 Å². The quantitative estimate of drug-likeness (QED) is 0.308. The zero-order valence-corrected chi connectivity index (χ0v) is 15.5. The Kier molecular flexibility index (Phi) is 17.3. The zero-order chi connectivity index (χ0) is 17.2. The average molecular weight is 328 g/mol. The van der Waals surface area contributed by atoms with Crippen LogP contribution in [0.4, 0.5) is 0 Å². The van der Waals surface area contributed by atoms with Crippen LogP contribution in [0.5, 0.6) is 0 Å². The summed E-state index contributed by atoms with van der Waals surface area (Å²) in [4.78, 5) is 11.3. The van der Waals surface area contributed by atoms with Gasteiger partial charge in [-0.2, -0.15) is 0 Å². The van der Waals surface area contributed by atoms with Gasteiger partial charge in [-0.05, 0) is 25.8 Å². The third-order valence-corrected chi connectivity index (χ3v) is 4.76. The topological polar surface area (TPSA) is 63.3 Å². The van der Waals surface area contributed by atoms with Gasteiger partial charge in [0.1, 0.15) is 0 Å². The van der Waals surface area contributed by atoms with Crippen LogP contribution in [0.2, 0.25) is 0 Å². The molecule has 138 valence electrons. The van der Waals surface area contributed by atoms with Crippen molar-refractivity contribution in [2.45, 2.75) is 110 Å². The maximum Gasteiger partial charge on any atom is 0.306 e. The monoisotopic (exact) mass is 327 g/mol. The van der Waals surface area contributed by atoms with Crippen molar-refractivity contribution in [1.29, 1.82) is 0 Å². The second-order valence-electron chi connectivity index (χ2n) is 7.00. The molecule has 0 aromatic heterocycles. The Morgan fingerprint density at radius 1 is 0.739 bits per heavy atom. The van der Waals surface area contributed by atoms with Crippen molar-refractivity contribution < 1.29 is 9.90 Å². The molecule has 3 nitrogen and oxygen atoms in total. The Balaban J connectivity index is 3.40. The molecule has 0 bridgehead atoms. The molecular weight excluding hydrogens is 286 g/mol. The fourth-order valence-electron chi connectivity index (χ4n) is 3.16. The Morgan fingerprint density at radius 2 is 1.13 bits per heavy atom. The molecule has 3 heteroatoms. The van der Waals surface area contributed by atoms with Crippen LogP contribution in [-0.4, -0.2) is 17.6 Å². The van der Waals surface area contributed by atoms with Gasteiger partial charge in [-0.1, -0.05) is 90.4 Å². The van der Waals surface area contributed by atoms with Gasteiger partial charge in [0.2, 0.25) is 0 Å². The highest BCUT2D eigenvalue weighted by atomic mass is 16.4. The average Bonchev–Trinajstić information content (AvgIpc) is 2.54. The predicted octanol–water partition coefficient (Wildman–Crippen LogP) is 5.91. The van der Waals surface area contributed by atoms with Gasteiger partial charge in [0.25, 0.3) is 0 Å². The molecule has 1 atom stereocenters. The highest BCUT2D eigenvalue weighted by Crippen LogP contribution is 2.19.